The van der Waals surface area contributed by atoms with E-state index in [4.69, 9.17) is 5.11 Å². The van der Waals surface area contributed by atoms with Gasteiger partial charge in [-0.25, -0.2) is 13.2 Å². The lowest BCUT2D eigenvalue weighted by atomic mass is 10.2. The van der Waals surface area contributed by atoms with Crippen LogP contribution < -0.4 is 4.72 Å². The van der Waals surface area contributed by atoms with Gasteiger partial charge in [0.2, 0.25) is 0 Å². The average Bonchev–Trinajstić information content (AvgIpc) is 2.89. The Hall–Kier alpha value is -2.68. The molecule has 0 bridgehead atoms. The Kier molecular flexibility index (Phi) is 3.80. The number of hydrogen-bond donors (Lipinski definition) is 2. The Morgan fingerprint density at radius 2 is 2.15 bits per heavy atom. The van der Waals surface area contributed by atoms with E-state index in [1.165, 1.54) is 24.5 Å². The quantitative estimate of drug-likeness (QED) is 0.788. The van der Waals surface area contributed by atoms with Crippen LogP contribution in [-0.2, 0) is 14.8 Å². The fraction of sp³-hybridized carbons (Fsp3) is 0. The van der Waals surface area contributed by atoms with Gasteiger partial charge in [0.25, 0.3) is 10.0 Å². The first-order valence-corrected chi connectivity index (χ1v) is 6.74. The van der Waals surface area contributed by atoms with Gasteiger partial charge in [-0.05, 0) is 17.7 Å². The first-order valence-electron chi connectivity index (χ1n) is 5.25. The molecule has 2 aromatic heterocycles. The van der Waals surface area contributed by atoms with Crippen molar-refractivity contribution in [3.05, 3.63) is 42.6 Å². The molecule has 104 valence electrons. The number of carboxylic acid groups (broad SMARTS) is 1. The minimum atomic E-state index is -3.84. The number of aliphatic carboxylic acids is 1. The smallest absolute Gasteiger partial charge is 0.328 e. The maximum Gasteiger partial charge on any atom is 0.328 e. The highest BCUT2D eigenvalue weighted by atomic mass is 32.2. The Bertz CT molecular complexity index is 737. The summed E-state index contributed by atoms with van der Waals surface area (Å²) >= 11 is 0. The van der Waals surface area contributed by atoms with Crippen LogP contribution in [0.1, 0.15) is 5.56 Å². The van der Waals surface area contributed by atoms with Crippen molar-refractivity contribution in [1.82, 2.24) is 10.1 Å². The normalized spacial score (nSPS) is 11.6. The Balaban J connectivity index is 2.28. The van der Waals surface area contributed by atoms with E-state index in [1.807, 2.05) is 0 Å². The van der Waals surface area contributed by atoms with E-state index >= 15 is 0 Å². The van der Waals surface area contributed by atoms with Crippen molar-refractivity contribution in [2.75, 3.05) is 4.72 Å². The third-order valence-corrected chi connectivity index (χ3v) is 3.50. The standard InChI is InChI=1S/C11H9N3O5S/c15-11(16)2-1-8-3-10(6-12-4-8)20(17,18)14-9-5-13-19-7-9/h1-7,14H,(H,15,16). The molecule has 8 nitrogen and oxygen atoms in total. The number of nitrogens with zero attached hydrogens (tertiary/aromatic N) is 2. The molecule has 2 N–H and O–H groups in total. The molecule has 0 atom stereocenters. The van der Waals surface area contributed by atoms with E-state index in [9.17, 15) is 13.2 Å². The summed E-state index contributed by atoms with van der Waals surface area (Å²) < 4.78 is 30.8. The van der Waals surface area contributed by atoms with Crippen LogP contribution in [0.5, 0.6) is 0 Å². The highest BCUT2D eigenvalue weighted by Gasteiger charge is 2.15. The van der Waals surface area contributed by atoms with Crippen LogP contribution in [0.15, 0.2) is 46.4 Å². The second kappa shape index (κ2) is 5.53. The molecule has 0 spiro atoms. The van der Waals surface area contributed by atoms with Crippen molar-refractivity contribution >= 4 is 27.8 Å². The molecule has 0 unspecified atom stereocenters. The van der Waals surface area contributed by atoms with Gasteiger partial charge in [-0.1, -0.05) is 5.16 Å². The van der Waals surface area contributed by atoms with E-state index in [0.29, 0.717) is 5.56 Å². The summed E-state index contributed by atoms with van der Waals surface area (Å²) in [6, 6.07) is 1.29. The summed E-state index contributed by atoms with van der Waals surface area (Å²) in [6.45, 7) is 0. The monoisotopic (exact) mass is 295 g/mol. The van der Waals surface area contributed by atoms with Gasteiger partial charge < -0.3 is 9.63 Å². The third kappa shape index (κ3) is 3.42. The predicted octanol–water partition coefficient (Wildman–Crippen LogP) is 0.968. The lowest BCUT2D eigenvalue weighted by molar-refractivity contribution is -0.131. The maximum atomic E-state index is 12.0. The summed E-state index contributed by atoms with van der Waals surface area (Å²) in [4.78, 5) is 14.1. The predicted molar refractivity (Wildman–Crippen MR) is 68.2 cm³/mol. The fourth-order valence-corrected chi connectivity index (χ4v) is 2.33. The SMILES string of the molecule is O=C(O)C=Cc1cncc(S(=O)(=O)Nc2cnoc2)c1. The van der Waals surface area contributed by atoms with Gasteiger partial charge in [-0.3, -0.25) is 9.71 Å². The largest absolute Gasteiger partial charge is 0.478 e. The highest BCUT2D eigenvalue weighted by molar-refractivity contribution is 7.92. The van der Waals surface area contributed by atoms with E-state index in [0.717, 1.165) is 18.5 Å². The van der Waals surface area contributed by atoms with Crippen molar-refractivity contribution < 1.29 is 22.8 Å². The Labute approximate surface area is 113 Å². The Morgan fingerprint density at radius 1 is 1.35 bits per heavy atom. The molecule has 2 aromatic rings. The zero-order valence-corrected chi connectivity index (χ0v) is 10.7. The van der Waals surface area contributed by atoms with Gasteiger partial charge in [-0.2, -0.15) is 0 Å². The van der Waals surface area contributed by atoms with Crippen molar-refractivity contribution in [3.8, 4) is 0 Å². The van der Waals surface area contributed by atoms with Crippen LogP contribution in [0.25, 0.3) is 6.08 Å². The molecule has 0 aliphatic carbocycles. The molecular weight excluding hydrogens is 286 g/mol. The number of aromatic nitrogens is 2. The molecule has 0 radical (unpaired) electrons. The van der Waals surface area contributed by atoms with Gasteiger partial charge in [0.15, 0.2) is 0 Å². The molecular formula is C11H9N3O5S. The lowest BCUT2D eigenvalue weighted by Gasteiger charge is -2.05. The number of carbonyl (C=O) groups is 1. The molecule has 2 heterocycles. The van der Waals surface area contributed by atoms with Gasteiger partial charge in [0.05, 0.1) is 6.20 Å². The topological polar surface area (TPSA) is 122 Å². The van der Waals surface area contributed by atoms with E-state index in [2.05, 4.69) is 19.4 Å². The van der Waals surface area contributed by atoms with E-state index in [-0.39, 0.29) is 10.6 Å². The number of pyridine rings is 1. The second-order valence-electron chi connectivity index (χ2n) is 3.64. The van der Waals surface area contributed by atoms with Crippen LogP contribution in [0.3, 0.4) is 0 Å². The summed E-state index contributed by atoms with van der Waals surface area (Å²) in [5, 5.41) is 11.9. The van der Waals surface area contributed by atoms with Crippen LogP contribution in [0.2, 0.25) is 0 Å². The molecule has 0 saturated carbocycles. The number of sulfonamides is 1. The molecule has 9 heteroatoms. The summed E-state index contributed by atoms with van der Waals surface area (Å²) in [6.07, 6.45) is 6.97. The Morgan fingerprint density at radius 3 is 2.80 bits per heavy atom. The zero-order chi connectivity index (χ0) is 14.6. The molecule has 0 fully saturated rings. The van der Waals surface area contributed by atoms with Crippen LogP contribution in [0.4, 0.5) is 5.69 Å². The van der Waals surface area contributed by atoms with Crippen molar-refractivity contribution in [1.29, 1.82) is 0 Å². The molecule has 0 aliphatic rings. The first kappa shape index (κ1) is 13.7. The highest BCUT2D eigenvalue weighted by Crippen LogP contribution is 2.16. The van der Waals surface area contributed by atoms with Crippen molar-refractivity contribution in [2.45, 2.75) is 4.90 Å². The minimum absolute atomic E-state index is 0.105. The van der Waals surface area contributed by atoms with Crippen LogP contribution in [0, 0.1) is 0 Å². The number of hydrogen-bond acceptors (Lipinski definition) is 6. The lowest BCUT2D eigenvalue weighted by Crippen LogP contribution is -2.12. The average molecular weight is 295 g/mol. The second-order valence-corrected chi connectivity index (χ2v) is 5.33. The number of nitrogens with one attached hydrogen (secondary N) is 1. The van der Waals surface area contributed by atoms with Gasteiger partial charge in [0.1, 0.15) is 16.8 Å². The van der Waals surface area contributed by atoms with E-state index < -0.39 is 16.0 Å². The molecule has 0 amide bonds. The van der Waals surface area contributed by atoms with Crippen molar-refractivity contribution in [2.24, 2.45) is 0 Å². The summed E-state index contributed by atoms with van der Waals surface area (Å²) in [5.74, 6) is -1.14. The number of rotatable bonds is 5. The zero-order valence-electron chi connectivity index (χ0n) is 9.92. The maximum absolute atomic E-state index is 12.0. The third-order valence-electron chi connectivity index (χ3n) is 2.15. The van der Waals surface area contributed by atoms with Crippen LogP contribution >= 0.6 is 0 Å². The van der Waals surface area contributed by atoms with E-state index in [1.54, 1.807) is 0 Å². The first-order chi connectivity index (χ1) is 9.47. The fourth-order valence-electron chi connectivity index (χ4n) is 1.31. The number of carboxylic acids is 1. The molecule has 0 aromatic carbocycles. The van der Waals surface area contributed by atoms with Gasteiger partial charge in [0, 0.05) is 18.5 Å². The van der Waals surface area contributed by atoms with Crippen LogP contribution in [-0.4, -0.2) is 29.6 Å². The summed E-state index contributed by atoms with van der Waals surface area (Å²) in [5.41, 5.74) is 0.525. The van der Waals surface area contributed by atoms with Gasteiger partial charge in [-0.15, -0.1) is 0 Å². The molecule has 0 saturated heterocycles. The minimum Gasteiger partial charge on any atom is -0.478 e. The van der Waals surface area contributed by atoms with Gasteiger partial charge >= 0.3 is 5.97 Å². The molecule has 20 heavy (non-hydrogen) atoms. The number of anilines is 1. The molecule has 0 aliphatic heterocycles. The van der Waals surface area contributed by atoms with Crippen molar-refractivity contribution in [3.63, 3.8) is 0 Å². The molecule has 2 rings (SSSR count). The summed E-state index contributed by atoms with van der Waals surface area (Å²) in [7, 11) is -3.84.